The van der Waals surface area contributed by atoms with Crippen molar-refractivity contribution in [3.05, 3.63) is 200 Å². The minimum absolute atomic E-state index is 0.863. The van der Waals surface area contributed by atoms with Crippen molar-refractivity contribution in [3.63, 3.8) is 0 Å². The number of anilines is 3. The fourth-order valence-corrected chi connectivity index (χ4v) is 8.25. The van der Waals surface area contributed by atoms with Gasteiger partial charge in [0.1, 0.15) is 22.3 Å². The Hall–Kier alpha value is -7.36. The van der Waals surface area contributed by atoms with Crippen LogP contribution in [-0.2, 0) is 0 Å². The molecule has 9 aromatic carbocycles. The van der Waals surface area contributed by atoms with Crippen LogP contribution in [-0.4, -0.2) is 0 Å². The Balaban J connectivity index is 1.14. The largest absolute Gasteiger partial charge is 0.456 e. The summed E-state index contributed by atoms with van der Waals surface area (Å²) < 4.78 is 13.0. The van der Waals surface area contributed by atoms with E-state index in [2.05, 4.69) is 187 Å². The van der Waals surface area contributed by atoms with Crippen molar-refractivity contribution < 1.29 is 8.83 Å². The van der Waals surface area contributed by atoms with E-state index in [4.69, 9.17) is 8.83 Å². The molecule has 0 aliphatic rings. The molecule has 258 valence electrons. The van der Waals surface area contributed by atoms with E-state index in [0.717, 1.165) is 83.2 Å². The number of furan rings is 2. The maximum atomic E-state index is 6.51. The summed E-state index contributed by atoms with van der Waals surface area (Å²) in [5.74, 6) is 0. The first kappa shape index (κ1) is 31.2. The van der Waals surface area contributed by atoms with Crippen LogP contribution in [0.25, 0.3) is 88.0 Å². The molecule has 0 atom stereocenters. The van der Waals surface area contributed by atoms with Gasteiger partial charge in [-0.1, -0.05) is 146 Å². The van der Waals surface area contributed by atoms with Gasteiger partial charge in [-0.2, -0.15) is 0 Å². The van der Waals surface area contributed by atoms with Crippen molar-refractivity contribution in [1.29, 1.82) is 0 Å². The van der Waals surface area contributed by atoms with Crippen LogP contribution in [0.4, 0.5) is 17.1 Å². The van der Waals surface area contributed by atoms with Gasteiger partial charge in [0.2, 0.25) is 0 Å². The summed E-state index contributed by atoms with van der Waals surface area (Å²) in [7, 11) is 0. The molecule has 0 unspecified atom stereocenters. The minimum atomic E-state index is 0.863. The molecule has 55 heavy (non-hydrogen) atoms. The van der Waals surface area contributed by atoms with Crippen molar-refractivity contribution in [2.75, 3.05) is 4.90 Å². The minimum Gasteiger partial charge on any atom is -0.456 e. The predicted octanol–water partition coefficient (Wildman–Crippen LogP) is 15.1. The SMILES string of the molecule is c1ccc(-c2ccc(N(c3ccc(-c4cccc5c4oc4ccccc45)cc3)c3ccc4oc5ccccc5c4c3-c3ccc4ccccc4c3)cc2)cc1. The highest BCUT2D eigenvalue weighted by atomic mass is 16.3. The van der Waals surface area contributed by atoms with Crippen LogP contribution < -0.4 is 4.90 Å². The lowest BCUT2D eigenvalue weighted by Gasteiger charge is -2.29. The molecule has 3 heteroatoms. The molecular weight excluding hydrogens is 671 g/mol. The number of hydrogen-bond acceptors (Lipinski definition) is 3. The zero-order chi connectivity index (χ0) is 36.3. The highest BCUT2D eigenvalue weighted by Gasteiger charge is 2.23. The Morgan fingerprint density at radius 1 is 0.345 bits per heavy atom. The molecule has 11 aromatic rings. The van der Waals surface area contributed by atoms with Crippen LogP contribution in [0.15, 0.2) is 209 Å². The van der Waals surface area contributed by atoms with Gasteiger partial charge in [-0.15, -0.1) is 0 Å². The summed E-state index contributed by atoms with van der Waals surface area (Å²) in [6.07, 6.45) is 0. The average Bonchev–Trinajstić information content (AvgIpc) is 3.83. The van der Waals surface area contributed by atoms with E-state index in [1.54, 1.807) is 0 Å². The van der Waals surface area contributed by atoms with Gasteiger partial charge in [-0.05, 0) is 87.6 Å². The quantitative estimate of drug-likeness (QED) is 0.173. The summed E-state index contributed by atoms with van der Waals surface area (Å²) in [5.41, 5.74) is 13.5. The van der Waals surface area contributed by atoms with Gasteiger partial charge in [-0.25, -0.2) is 0 Å². The van der Waals surface area contributed by atoms with E-state index in [-0.39, 0.29) is 0 Å². The summed E-state index contributed by atoms with van der Waals surface area (Å²) in [4.78, 5) is 2.38. The molecule has 0 radical (unpaired) electrons. The van der Waals surface area contributed by atoms with Gasteiger partial charge in [0.05, 0.1) is 5.69 Å². The normalized spacial score (nSPS) is 11.6. The Kier molecular flexibility index (Phi) is 7.17. The predicted molar refractivity (Wildman–Crippen MR) is 229 cm³/mol. The van der Waals surface area contributed by atoms with E-state index < -0.39 is 0 Å². The van der Waals surface area contributed by atoms with Crippen LogP contribution in [0.3, 0.4) is 0 Å². The Labute approximate surface area is 317 Å². The van der Waals surface area contributed by atoms with Crippen molar-refractivity contribution >= 4 is 71.7 Å². The molecule has 0 saturated heterocycles. The van der Waals surface area contributed by atoms with E-state index in [0.29, 0.717) is 0 Å². The number of rotatable bonds is 6. The van der Waals surface area contributed by atoms with Crippen LogP contribution in [0.1, 0.15) is 0 Å². The molecule has 0 saturated carbocycles. The van der Waals surface area contributed by atoms with Crippen molar-refractivity contribution in [2.45, 2.75) is 0 Å². The molecule has 0 amide bonds. The molecular formula is C52H33NO2. The summed E-state index contributed by atoms with van der Waals surface area (Å²) in [5, 5.41) is 6.85. The van der Waals surface area contributed by atoms with E-state index in [1.807, 2.05) is 18.2 Å². The van der Waals surface area contributed by atoms with Crippen LogP contribution >= 0.6 is 0 Å². The Bertz CT molecular complexity index is 3190. The molecule has 3 nitrogen and oxygen atoms in total. The molecule has 0 aliphatic heterocycles. The first-order chi connectivity index (χ1) is 27.3. The third-order valence-corrected chi connectivity index (χ3v) is 10.9. The topological polar surface area (TPSA) is 29.5 Å². The van der Waals surface area contributed by atoms with Gasteiger partial charge < -0.3 is 13.7 Å². The molecule has 0 bridgehead atoms. The van der Waals surface area contributed by atoms with Crippen LogP contribution in [0.5, 0.6) is 0 Å². The van der Waals surface area contributed by atoms with Gasteiger partial charge in [-0.3, -0.25) is 0 Å². The number of fused-ring (bicyclic) bond motifs is 7. The molecule has 2 aromatic heterocycles. The maximum Gasteiger partial charge on any atom is 0.143 e. The Morgan fingerprint density at radius 2 is 0.945 bits per heavy atom. The second kappa shape index (κ2) is 12.6. The highest BCUT2D eigenvalue weighted by molar-refractivity contribution is 6.17. The lowest BCUT2D eigenvalue weighted by molar-refractivity contribution is 0.669. The zero-order valence-electron chi connectivity index (χ0n) is 29.8. The van der Waals surface area contributed by atoms with Gasteiger partial charge >= 0.3 is 0 Å². The number of para-hydroxylation sites is 3. The summed E-state index contributed by atoms with van der Waals surface area (Å²) in [6, 6.07) is 71.0. The number of nitrogens with zero attached hydrogens (tertiary/aromatic N) is 1. The van der Waals surface area contributed by atoms with Crippen LogP contribution in [0.2, 0.25) is 0 Å². The molecule has 0 spiro atoms. The number of hydrogen-bond donors (Lipinski definition) is 0. The first-order valence-electron chi connectivity index (χ1n) is 18.7. The lowest BCUT2D eigenvalue weighted by atomic mass is 9.94. The monoisotopic (exact) mass is 703 g/mol. The summed E-state index contributed by atoms with van der Waals surface area (Å²) >= 11 is 0. The fraction of sp³-hybridized carbons (Fsp3) is 0. The van der Waals surface area contributed by atoms with Crippen molar-refractivity contribution in [1.82, 2.24) is 0 Å². The van der Waals surface area contributed by atoms with Crippen molar-refractivity contribution in [3.8, 4) is 33.4 Å². The second-order valence-electron chi connectivity index (χ2n) is 14.1. The molecule has 0 aliphatic carbocycles. The van der Waals surface area contributed by atoms with E-state index >= 15 is 0 Å². The maximum absolute atomic E-state index is 6.51. The third-order valence-electron chi connectivity index (χ3n) is 10.9. The molecule has 0 fully saturated rings. The fourth-order valence-electron chi connectivity index (χ4n) is 8.25. The standard InChI is InChI=1S/C52H33NO2/c1-2-11-34(12-3-1)36-23-27-40(28-24-36)53(41-29-25-37(26-30-41)42-17-10-18-44-43-15-6-8-19-47(43)55-52(42)44)46-31-32-49-51(45-16-7-9-20-48(45)54-49)50(46)39-22-21-35-13-4-5-14-38(35)33-39/h1-33H. The third kappa shape index (κ3) is 5.20. The van der Waals surface area contributed by atoms with Gasteiger partial charge in [0, 0.05) is 44.0 Å². The second-order valence-corrected chi connectivity index (χ2v) is 14.1. The Morgan fingerprint density at radius 3 is 1.73 bits per heavy atom. The van der Waals surface area contributed by atoms with Gasteiger partial charge in [0.25, 0.3) is 0 Å². The van der Waals surface area contributed by atoms with Crippen LogP contribution in [0, 0.1) is 0 Å². The average molecular weight is 704 g/mol. The van der Waals surface area contributed by atoms with E-state index in [1.165, 1.54) is 21.9 Å². The summed E-state index contributed by atoms with van der Waals surface area (Å²) in [6.45, 7) is 0. The molecule has 0 N–H and O–H groups in total. The van der Waals surface area contributed by atoms with E-state index in [9.17, 15) is 0 Å². The zero-order valence-corrected chi connectivity index (χ0v) is 29.8. The highest BCUT2D eigenvalue weighted by Crippen LogP contribution is 2.48. The first-order valence-corrected chi connectivity index (χ1v) is 18.7. The number of benzene rings is 9. The molecule has 2 heterocycles. The van der Waals surface area contributed by atoms with Crippen molar-refractivity contribution in [2.24, 2.45) is 0 Å². The van der Waals surface area contributed by atoms with Gasteiger partial charge in [0.15, 0.2) is 0 Å². The molecule has 11 rings (SSSR count). The lowest BCUT2D eigenvalue weighted by Crippen LogP contribution is -2.11. The smallest absolute Gasteiger partial charge is 0.143 e.